The monoisotopic (exact) mass is 288 g/mol. The van der Waals surface area contributed by atoms with Gasteiger partial charge in [0.05, 0.1) is 12.7 Å². The van der Waals surface area contributed by atoms with Crippen molar-refractivity contribution in [2.75, 3.05) is 12.4 Å². The number of aromatic nitrogens is 3. The molecule has 0 unspecified atom stereocenters. The number of carbonyl (C=O) groups excluding carboxylic acids is 1. The van der Waals surface area contributed by atoms with Crippen LogP contribution in [0.2, 0.25) is 0 Å². The number of allylic oxidation sites excluding steroid dienone is 1. The fraction of sp³-hybridized carbons (Fsp3) is 0.214. The van der Waals surface area contributed by atoms with Gasteiger partial charge < -0.3 is 10.1 Å². The van der Waals surface area contributed by atoms with Crippen LogP contribution in [0.5, 0.6) is 0 Å². The van der Waals surface area contributed by atoms with Crippen molar-refractivity contribution < 1.29 is 13.9 Å². The molecule has 1 aromatic heterocycles. The summed E-state index contributed by atoms with van der Waals surface area (Å²) in [7, 11) is 1.32. The number of anilines is 1. The largest absolute Gasteiger partial charge is 0.466 e. The van der Waals surface area contributed by atoms with Crippen LogP contribution in [0.15, 0.2) is 41.9 Å². The van der Waals surface area contributed by atoms with Gasteiger partial charge in [0, 0.05) is 5.70 Å². The Morgan fingerprint density at radius 2 is 2.10 bits per heavy atom. The standard InChI is InChI=1S/C14H13FN4O2/c1-8-11(13(20)21-2)12(9-3-5-10(15)6-4-9)19-14(18-8)16-7-17-19/h3-7,12H,1-2H3,(H,16,17,18)/t12-/m0/s1. The summed E-state index contributed by atoms with van der Waals surface area (Å²) in [6.07, 6.45) is 1.40. The van der Waals surface area contributed by atoms with Crippen molar-refractivity contribution >= 4 is 11.9 Å². The predicted molar refractivity (Wildman–Crippen MR) is 72.9 cm³/mol. The van der Waals surface area contributed by atoms with E-state index in [1.54, 1.807) is 23.7 Å². The van der Waals surface area contributed by atoms with Crippen LogP contribution in [0, 0.1) is 5.82 Å². The van der Waals surface area contributed by atoms with Gasteiger partial charge in [0.25, 0.3) is 0 Å². The van der Waals surface area contributed by atoms with Gasteiger partial charge in [-0.1, -0.05) is 12.1 Å². The maximum atomic E-state index is 13.1. The molecule has 0 saturated heterocycles. The number of rotatable bonds is 2. The number of ether oxygens (including phenoxy) is 1. The molecule has 108 valence electrons. The summed E-state index contributed by atoms with van der Waals surface area (Å²) in [5, 5.41) is 7.16. The number of hydrogen-bond acceptors (Lipinski definition) is 5. The lowest BCUT2D eigenvalue weighted by atomic mass is 9.96. The summed E-state index contributed by atoms with van der Waals surface area (Å²) >= 11 is 0. The van der Waals surface area contributed by atoms with Crippen LogP contribution in [0.1, 0.15) is 18.5 Å². The lowest BCUT2D eigenvalue weighted by Gasteiger charge is -2.27. The number of fused-ring (bicyclic) bond motifs is 1. The Hall–Kier alpha value is -2.70. The maximum absolute atomic E-state index is 13.1. The van der Waals surface area contributed by atoms with E-state index in [0.29, 0.717) is 17.2 Å². The summed E-state index contributed by atoms with van der Waals surface area (Å²) in [5.74, 6) is -0.281. The van der Waals surface area contributed by atoms with Crippen molar-refractivity contribution in [1.29, 1.82) is 0 Å². The average molecular weight is 288 g/mol. The summed E-state index contributed by atoms with van der Waals surface area (Å²) < 4.78 is 19.6. The Morgan fingerprint density at radius 3 is 2.76 bits per heavy atom. The van der Waals surface area contributed by atoms with Crippen LogP contribution >= 0.6 is 0 Å². The van der Waals surface area contributed by atoms with Gasteiger partial charge in [0.2, 0.25) is 5.95 Å². The van der Waals surface area contributed by atoms with Crippen molar-refractivity contribution in [3.8, 4) is 0 Å². The number of nitrogens with one attached hydrogen (secondary N) is 1. The number of carbonyl (C=O) groups is 1. The molecule has 1 aromatic carbocycles. The summed E-state index contributed by atoms with van der Waals surface area (Å²) in [6, 6.07) is 5.42. The van der Waals surface area contributed by atoms with E-state index in [9.17, 15) is 9.18 Å². The first-order valence-electron chi connectivity index (χ1n) is 6.33. The molecule has 0 saturated carbocycles. The molecule has 0 spiro atoms. The molecular formula is C14H13FN4O2. The van der Waals surface area contributed by atoms with Gasteiger partial charge in [-0.05, 0) is 24.6 Å². The Kier molecular flexibility index (Phi) is 3.17. The molecule has 0 amide bonds. The van der Waals surface area contributed by atoms with E-state index in [-0.39, 0.29) is 5.82 Å². The third-order valence-corrected chi connectivity index (χ3v) is 3.39. The second-order valence-corrected chi connectivity index (χ2v) is 4.64. The molecule has 6 nitrogen and oxygen atoms in total. The Bertz CT molecular complexity index is 721. The molecule has 7 heteroatoms. The highest BCUT2D eigenvalue weighted by Gasteiger charge is 2.33. The fourth-order valence-corrected chi connectivity index (χ4v) is 2.42. The first-order valence-corrected chi connectivity index (χ1v) is 6.33. The number of methoxy groups -OCH3 is 1. The van der Waals surface area contributed by atoms with E-state index in [0.717, 1.165) is 5.56 Å². The third kappa shape index (κ3) is 2.16. The molecule has 0 fully saturated rings. The molecule has 1 aliphatic heterocycles. The van der Waals surface area contributed by atoms with Crippen LogP contribution < -0.4 is 5.32 Å². The second-order valence-electron chi connectivity index (χ2n) is 4.64. The number of hydrogen-bond donors (Lipinski definition) is 1. The minimum absolute atomic E-state index is 0.341. The SMILES string of the molecule is COC(=O)C1=C(C)Nc2ncnn2[C@H]1c1ccc(F)cc1. The quantitative estimate of drug-likeness (QED) is 0.854. The van der Waals surface area contributed by atoms with Gasteiger partial charge in [-0.3, -0.25) is 0 Å². The Balaban J connectivity index is 2.17. The summed E-state index contributed by atoms with van der Waals surface area (Å²) in [4.78, 5) is 16.2. The van der Waals surface area contributed by atoms with Gasteiger partial charge in [0.1, 0.15) is 18.2 Å². The Labute approximate surface area is 120 Å². The molecule has 0 aliphatic carbocycles. The second kappa shape index (κ2) is 5.01. The molecule has 0 radical (unpaired) electrons. The van der Waals surface area contributed by atoms with E-state index in [2.05, 4.69) is 15.4 Å². The lowest BCUT2D eigenvalue weighted by Crippen LogP contribution is -2.29. The average Bonchev–Trinajstić information content (AvgIpc) is 2.94. The van der Waals surface area contributed by atoms with Crippen LogP contribution in [0.25, 0.3) is 0 Å². The number of benzene rings is 1. The smallest absolute Gasteiger partial charge is 0.338 e. The minimum atomic E-state index is -0.503. The number of esters is 1. The van der Waals surface area contributed by atoms with Gasteiger partial charge in [-0.25, -0.2) is 13.9 Å². The van der Waals surface area contributed by atoms with Crippen molar-refractivity contribution in [3.63, 3.8) is 0 Å². The van der Waals surface area contributed by atoms with E-state index in [4.69, 9.17) is 4.74 Å². The van der Waals surface area contributed by atoms with Gasteiger partial charge in [-0.15, -0.1) is 0 Å². The van der Waals surface area contributed by atoms with Gasteiger partial charge in [0.15, 0.2) is 0 Å². The summed E-state index contributed by atoms with van der Waals surface area (Å²) in [6.45, 7) is 1.76. The molecule has 1 aliphatic rings. The highest BCUT2D eigenvalue weighted by atomic mass is 19.1. The molecule has 2 heterocycles. The van der Waals surface area contributed by atoms with Crippen LogP contribution in [0.3, 0.4) is 0 Å². The van der Waals surface area contributed by atoms with Crippen LogP contribution in [-0.4, -0.2) is 27.8 Å². The topological polar surface area (TPSA) is 69.0 Å². The predicted octanol–water partition coefficient (Wildman–Crippen LogP) is 1.88. The van der Waals surface area contributed by atoms with Crippen molar-refractivity contribution in [2.24, 2.45) is 0 Å². The highest BCUT2D eigenvalue weighted by Crippen LogP contribution is 2.34. The normalized spacial score (nSPS) is 17.2. The van der Waals surface area contributed by atoms with Crippen molar-refractivity contribution in [1.82, 2.24) is 14.8 Å². The van der Waals surface area contributed by atoms with Gasteiger partial charge >= 0.3 is 5.97 Å². The van der Waals surface area contributed by atoms with Crippen molar-refractivity contribution in [3.05, 3.63) is 53.2 Å². The first kappa shape index (κ1) is 13.3. The zero-order valence-electron chi connectivity index (χ0n) is 11.5. The lowest BCUT2D eigenvalue weighted by molar-refractivity contribution is -0.136. The maximum Gasteiger partial charge on any atom is 0.338 e. The molecule has 2 aromatic rings. The molecule has 1 atom stereocenters. The van der Waals surface area contributed by atoms with E-state index < -0.39 is 12.0 Å². The van der Waals surface area contributed by atoms with E-state index in [1.165, 1.54) is 25.6 Å². The first-order chi connectivity index (χ1) is 10.1. The van der Waals surface area contributed by atoms with Gasteiger partial charge in [-0.2, -0.15) is 10.1 Å². The molecule has 1 N–H and O–H groups in total. The van der Waals surface area contributed by atoms with E-state index in [1.807, 2.05) is 0 Å². The summed E-state index contributed by atoms with van der Waals surface area (Å²) in [5.41, 5.74) is 1.78. The third-order valence-electron chi connectivity index (χ3n) is 3.39. The molecule has 3 rings (SSSR count). The zero-order chi connectivity index (χ0) is 15.0. The van der Waals surface area contributed by atoms with Crippen LogP contribution in [-0.2, 0) is 9.53 Å². The highest BCUT2D eigenvalue weighted by molar-refractivity contribution is 5.92. The number of nitrogens with zero attached hydrogens (tertiary/aromatic N) is 3. The molecular weight excluding hydrogens is 275 g/mol. The zero-order valence-corrected chi connectivity index (χ0v) is 11.5. The number of halogens is 1. The Morgan fingerprint density at radius 1 is 1.38 bits per heavy atom. The fourth-order valence-electron chi connectivity index (χ4n) is 2.42. The molecule has 0 bridgehead atoms. The minimum Gasteiger partial charge on any atom is -0.466 e. The molecule has 21 heavy (non-hydrogen) atoms. The van der Waals surface area contributed by atoms with Crippen LogP contribution in [0.4, 0.5) is 10.3 Å². The van der Waals surface area contributed by atoms with Crippen molar-refractivity contribution in [2.45, 2.75) is 13.0 Å². The van der Waals surface area contributed by atoms with E-state index >= 15 is 0 Å².